The number of furan rings is 1. The second kappa shape index (κ2) is 15.8. The maximum atomic E-state index is 13.4. The van der Waals surface area contributed by atoms with E-state index in [1.54, 1.807) is 26.0 Å². The van der Waals surface area contributed by atoms with Gasteiger partial charge in [-0.2, -0.15) is 0 Å². The van der Waals surface area contributed by atoms with Gasteiger partial charge >= 0.3 is 103 Å². The van der Waals surface area contributed by atoms with Crippen LogP contribution in [0, 0.1) is 5.82 Å². The van der Waals surface area contributed by atoms with Crippen LogP contribution < -0.4 is 127 Å². The number of carbonyl (C=O) groups excluding carboxylic acids is 2. The first kappa shape index (κ1) is 35.5. The number of hydrogen-bond donors (Lipinski definition) is 1. The van der Waals surface area contributed by atoms with Crippen molar-refractivity contribution >= 4 is 38.7 Å². The third-order valence-corrected chi connectivity index (χ3v) is 5.84. The minimum absolute atomic E-state index is 0. The van der Waals surface area contributed by atoms with Crippen LogP contribution in [0.15, 0.2) is 40.8 Å². The fourth-order valence-electron chi connectivity index (χ4n) is 3.32. The van der Waals surface area contributed by atoms with Crippen molar-refractivity contribution in [1.82, 2.24) is 5.32 Å². The molecule has 1 N–H and O–H groups in total. The predicted molar refractivity (Wildman–Crippen MR) is 119 cm³/mol. The molecule has 0 saturated heterocycles. The Bertz CT molecular complexity index is 1290. The fraction of sp³-hybridized carbons (Fsp3) is 0.273. The Kier molecular flexibility index (Phi) is 15.5. The monoisotopic (exact) mass is 572 g/mol. The van der Waals surface area contributed by atoms with Crippen molar-refractivity contribution < 1.29 is 145 Å². The molecule has 36 heavy (non-hydrogen) atoms. The van der Waals surface area contributed by atoms with E-state index in [2.05, 4.69) is 5.32 Å². The standard InChI is InChI=1S/C21H23FN2O5S.CH2O3.2K/c1-5-24(30(4,26)27)16-12-17-15(11-18(16)28-6-2)19(21(25)23-3)20(29-17)13-7-9-14(22)10-8-13;2-1(3)4;;/h7-12H,5-6H2,1-4H3,(H,23,25);(H2,2,3,4);;/q;;2*+1/p-2. The van der Waals surface area contributed by atoms with Crippen LogP contribution >= 0.6 is 0 Å². The molecule has 0 aliphatic heterocycles. The molecule has 0 atom stereocenters. The van der Waals surface area contributed by atoms with Gasteiger partial charge in [0.15, 0.2) is 0 Å². The number of carboxylic acid groups (broad SMARTS) is 2. The van der Waals surface area contributed by atoms with E-state index in [0.717, 1.165) is 6.26 Å². The van der Waals surface area contributed by atoms with Crippen LogP contribution in [0.25, 0.3) is 22.3 Å². The van der Waals surface area contributed by atoms with Crippen molar-refractivity contribution in [1.29, 1.82) is 0 Å². The Morgan fingerprint density at radius 2 is 1.67 bits per heavy atom. The number of carbonyl (C=O) groups is 2. The summed E-state index contributed by atoms with van der Waals surface area (Å²) in [5.41, 5.74) is 1.40. The Morgan fingerprint density at radius 1 is 1.11 bits per heavy atom. The summed E-state index contributed by atoms with van der Waals surface area (Å²) in [6.07, 6.45) is -1.22. The van der Waals surface area contributed by atoms with Gasteiger partial charge in [0.1, 0.15) is 22.9 Å². The van der Waals surface area contributed by atoms with Crippen molar-refractivity contribution in [2.24, 2.45) is 0 Å². The molecular weight excluding hydrogens is 550 g/mol. The molecule has 0 fully saturated rings. The maximum absolute atomic E-state index is 13.4. The summed E-state index contributed by atoms with van der Waals surface area (Å²) in [6, 6.07) is 8.72. The number of halogens is 1. The van der Waals surface area contributed by atoms with Crippen molar-refractivity contribution in [2.45, 2.75) is 13.8 Å². The third kappa shape index (κ3) is 9.04. The summed E-state index contributed by atoms with van der Waals surface area (Å²) in [5, 5.41) is 19.7. The molecule has 14 heteroatoms. The van der Waals surface area contributed by atoms with Crippen LogP contribution in [0.3, 0.4) is 0 Å². The van der Waals surface area contributed by atoms with Crippen LogP contribution in [0.2, 0.25) is 0 Å². The molecule has 10 nitrogen and oxygen atoms in total. The molecule has 0 aliphatic carbocycles. The number of hydrogen-bond acceptors (Lipinski definition) is 8. The van der Waals surface area contributed by atoms with Gasteiger partial charge in [0.2, 0.25) is 10.0 Å². The Hall–Kier alpha value is -0.527. The number of rotatable bonds is 7. The second-order valence-electron chi connectivity index (χ2n) is 6.82. The van der Waals surface area contributed by atoms with E-state index < -0.39 is 27.9 Å². The van der Waals surface area contributed by atoms with E-state index in [0.29, 0.717) is 34.6 Å². The molecule has 0 unspecified atom stereocenters. The van der Waals surface area contributed by atoms with Crippen LogP contribution in [0.1, 0.15) is 24.2 Å². The van der Waals surface area contributed by atoms with Crippen LogP contribution in [0.4, 0.5) is 14.9 Å². The van der Waals surface area contributed by atoms with Crippen LogP contribution in [-0.4, -0.2) is 46.9 Å². The summed E-state index contributed by atoms with van der Waals surface area (Å²) in [5.74, 6) is -0.233. The smallest absolute Gasteiger partial charge is 0.652 e. The van der Waals surface area contributed by atoms with Crippen LogP contribution in [0.5, 0.6) is 5.75 Å². The Labute approximate surface area is 293 Å². The van der Waals surface area contributed by atoms with Gasteiger partial charge < -0.3 is 29.5 Å². The molecule has 3 aromatic rings. The third-order valence-electron chi connectivity index (χ3n) is 4.59. The SMILES string of the molecule is CCOc1cc2c(C(=O)NC)c(-c3ccc(F)cc3)oc2cc1N(CC)S(C)(=O)=O.O=C([O-])[O-].[K+].[K+]. The van der Waals surface area contributed by atoms with Gasteiger partial charge in [-0.15, -0.1) is 0 Å². The number of benzene rings is 2. The van der Waals surface area contributed by atoms with E-state index in [1.165, 1.54) is 35.6 Å². The first-order valence-corrected chi connectivity index (χ1v) is 11.9. The molecule has 2 aromatic carbocycles. The molecule has 0 bridgehead atoms. The van der Waals surface area contributed by atoms with Crippen LogP contribution in [-0.2, 0) is 10.0 Å². The van der Waals surface area contributed by atoms with E-state index in [9.17, 15) is 17.6 Å². The molecule has 0 spiro atoms. The fourth-order valence-corrected chi connectivity index (χ4v) is 4.29. The van der Waals surface area contributed by atoms with E-state index in [1.807, 2.05) is 0 Å². The summed E-state index contributed by atoms with van der Waals surface area (Å²) in [6.45, 7) is 3.99. The van der Waals surface area contributed by atoms with Crippen molar-refractivity contribution in [3.05, 3.63) is 47.8 Å². The predicted octanol–water partition coefficient (Wildman–Crippen LogP) is -4.66. The number of fused-ring (bicyclic) bond motifs is 1. The normalized spacial score (nSPS) is 10.2. The van der Waals surface area contributed by atoms with Crippen molar-refractivity contribution in [2.75, 3.05) is 30.8 Å². The van der Waals surface area contributed by atoms with E-state index >= 15 is 0 Å². The molecule has 0 aliphatic rings. The summed E-state index contributed by atoms with van der Waals surface area (Å²) >= 11 is 0. The number of nitrogens with zero attached hydrogens (tertiary/aromatic N) is 1. The Morgan fingerprint density at radius 3 is 2.11 bits per heavy atom. The van der Waals surface area contributed by atoms with Gasteiger partial charge in [0.05, 0.1) is 24.1 Å². The molecule has 0 saturated carbocycles. The first-order valence-electron chi connectivity index (χ1n) is 10.0. The molecule has 1 aromatic heterocycles. The van der Waals surface area contributed by atoms with Gasteiger partial charge in [-0.05, 0) is 50.3 Å². The van der Waals surface area contributed by atoms with Gasteiger partial charge in [-0.3, -0.25) is 9.10 Å². The minimum atomic E-state index is -3.57. The number of ether oxygens (including phenoxy) is 1. The van der Waals surface area contributed by atoms with E-state index in [-0.39, 0.29) is 121 Å². The summed E-state index contributed by atoms with van der Waals surface area (Å²) < 4.78 is 50.8. The quantitative estimate of drug-likeness (QED) is 0.278. The van der Waals surface area contributed by atoms with Crippen molar-refractivity contribution in [3.8, 4) is 17.1 Å². The van der Waals surface area contributed by atoms with E-state index in [4.69, 9.17) is 24.2 Å². The summed E-state index contributed by atoms with van der Waals surface area (Å²) in [7, 11) is -2.07. The maximum Gasteiger partial charge on any atom is 1.00 e. The average molecular weight is 573 g/mol. The zero-order valence-electron chi connectivity index (χ0n) is 20.9. The molecule has 184 valence electrons. The van der Waals surface area contributed by atoms with Gasteiger partial charge in [0.25, 0.3) is 5.91 Å². The topological polar surface area (TPSA) is 152 Å². The number of sulfonamides is 1. The second-order valence-corrected chi connectivity index (χ2v) is 8.73. The molecule has 1 amide bonds. The zero-order chi connectivity index (χ0) is 25.6. The summed E-state index contributed by atoms with van der Waals surface area (Å²) in [4.78, 5) is 21.0. The van der Waals surface area contributed by atoms with Gasteiger partial charge in [0, 0.05) is 30.6 Å². The number of nitrogens with one attached hydrogen (secondary N) is 1. The first-order chi connectivity index (χ1) is 15.9. The van der Waals surface area contributed by atoms with Gasteiger partial charge in [-0.25, -0.2) is 12.8 Å². The molecular formula is C22H23FK2N2O8S. The number of anilines is 1. The average Bonchev–Trinajstić information content (AvgIpc) is 3.11. The molecule has 1 heterocycles. The largest absolute Gasteiger partial charge is 1.00 e. The Balaban J connectivity index is 0.00000190. The molecule has 0 radical (unpaired) electrons. The number of amides is 1. The zero-order valence-corrected chi connectivity index (χ0v) is 27.9. The van der Waals surface area contributed by atoms with Crippen molar-refractivity contribution in [3.63, 3.8) is 0 Å². The minimum Gasteiger partial charge on any atom is -0.652 e. The van der Waals surface area contributed by atoms with Gasteiger partial charge in [-0.1, -0.05) is 0 Å². The molecule has 3 rings (SSSR count).